The van der Waals surface area contributed by atoms with E-state index in [-0.39, 0.29) is 9.79 Å². The van der Waals surface area contributed by atoms with Crippen LogP contribution in [0.25, 0.3) is 0 Å². The zero-order chi connectivity index (χ0) is 17.4. The van der Waals surface area contributed by atoms with Crippen molar-refractivity contribution in [1.29, 1.82) is 0 Å². The minimum Gasteiger partial charge on any atom is -0.493 e. The molecule has 0 saturated carbocycles. The summed E-state index contributed by atoms with van der Waals surface area (Å²) in [5, 5.41) is 5.01. The molecule has 0 aliphatic carbocycles. The minimum atomic E-state index is -3.86. The Balaban J connectivity index is 1.87. The van der Waals surface area contributed by atoms with Gasteiger partial charge in [-0.25, -0.2) is 26.7 Å². The van der Waals surface area contributed by atoms with Crippen LogP contribution in [0.1, 0.15) is 18.0 Å². The van der Waals surface area contributed by atoms with Gasteiger partial charge in [-0.2, -0.15) is 0 Å². The van der Waals surface area contributed by atoms with Crippen LogP contribution in [0.2, 0.25) is 0 Å². The zero-order valence-electron chi connectivity index (χ0n) is 12.5. The molecule has 0 saturated heterocycles. The third-order valence-electron chi connectivity index (χ3n) is 3.72. The molecule has 7 nitrogen and oxygen atoms in total. The Morgan fingerprint density at radius 1 is 0.958 bits per heavy atom. The number of nitrogens with two attached hydrogens (primary N) is 1. The van der Waals surface area contributed by atoms with E-state index in [4.69, 9.17) is 9.88 Å². The van der Waals surface area contributed by atoms with E-state index in [0.29, 0.717) is 18.8 Å². The molecule has 128 valence electrons. The Morgan fingerprint density at radius 2 is 1.58 bits per heavy atom. The van der Waals surface area contributed by atoms with Gasteiger partial charge in [0, 0.05) is 12.0 Å². The molecule has 0 spiro atoms. The summed E-state index contributed by atoms with van der Waals surface area (Å²) in [6.45, 7) is 0.411. The van der Waals surface area contributed by atoms with Gasteiger partial charge in [0.1, 0.15) is 5.75 Å². The number of ether oxygens (including phenoxy) is 1. The maximum absolute atomic E-state index is 12.5. The van der Waals surface area contributed by atoms with Crippen molar-refractivity contribution in [3.63, 3.8) is 0 Å². The Bertz CT molecular complexity index is 954. The monoisotopic (exact) mass is 368 g/mol. The van der Waals surface area contributed by atoms with E-state index in [1.165, 1.54) is 24.3 Å². The van der Waals surface area contributed by atoms with Gasteiger partial charge in [-0.1, -0.05) is 18.2 Å². The van der Waals surface area contributed by atoms with Gasteiger partial charge >= 0.3 is 0 Å². The fourth-order valence-corrected chi connectivity index (χ4v) is 4.29. The topological polar surface area (TPSA) is 116 Å². The van der Waals surface area contributed by atoms with Crippen LogP contribution in [-0.2, 0) is 20.0 Å². The molecule has 3 N–H and O–H groups in total. The summed E-state index contributed by atoms with van der Waals surface area (Å²) >= 11 is 0. The van der Waals surface area contributed by atoms with E-state index >= 15 is 0 Å². The number of primary sulfonamides is 1. The first-order valence-corrected chi connectivity index (χ1v) is 10.2. The van der Waals surface area contributed by atoms with Crippen molar-refractivity contribution in [1.82, 2.24) is 4.72 Å². The number of para-hydroxylation sites is 1. The average molecular weight is 368 g/mol. The molecule has 2 aromatic rings. The summed E-state index contributed by atoms with van der Waals surface area (Å²) in [6, 6.07) is 11.6. The van der Waals surface area contributed by atoms with Gasteiger partial charge < -0.3 is 4.74 Å². The highest BCUT2D eigenvalue weighted by Gasteiger charge is 2.26. The highest BCUT2D eigenvalue weighted by molar-refractivity contribution is 7.89. The van der Waals surface area contributed by atoms with Crippen LogP contribution in [0.3, 0.4) is 0 Å². The highest BCUT2D eigenvalue weighted by Crippen LogP contribution is 2.32. The maximum Gasteiger partial charge on any atom is 0.241 e. The lowest BCUT2D eigenvalue weighted by Gasteiger charge is -2.26. The van der Waals surface area contributed by atoms with Crippen molar-refractivity contribution in [3.05, 3.63) is 54.1 Å². The van der Waals surface area contributed by atoms with E-state index in [9.17, 15) is 16.8 Å². The van der Waals surface area contributed by atoms with Crippen molar-refractivity contribution in [2.75, 3.05) is 6.61 Å². The number of sulfonamides is 2. The van der Waals surface area contributed by atoms with Crippen LogP contribution in [0.5, 0.6) is 5.75 Å². The molecule has 1 aliphatic rings. The molecular formula is C15H16N2O5S2. The van der Waals surface area contributed by atoms with Gasteiger partial charge in [0.05, 0.1) is 22.4 Å². The summed E-state index contributed by atoms with van der Waals surface area (Å²) in [7, 11) is -7.67. The van der Waals surface area contributed by atoms with Crippen molar-refractivity contribution in [3.8, 4) is 5.75 Å². The van der Waals surface area contributed by atoms with Crippen LogP contribution in [0.15, 0.2) is 58.3 Å². The van der Waals surface area contributed by atoms with Gasteiger partial charge in [0.2, 0.25) is 20.0 Å². The summed E-state index contributed by atoms with van der Waals surface area (Å²) in [6.07, 6.45) is 0.505. The molecule has 3 rings (SSSR count). The second-order valence-electron chi connectivity index (χ2n) is 5.37. The summed E-state index contributed by atoms with van der Waals surface area (Å²) in [5.41, 5.74) is 0.772. The van der Waals surface area contributed by atoms with Gasteiger partial charge in [-0.3, -0.25) is 0 Å². The highest BCUT2D eigenvalue weighted by atomic mass is 32.2. The van der Waals surface area contributed by atoms with Gasteiger partial charge in [0.15, 0.2) is 0 Å². The van der Waals surface area contributed by atoms with E-state index in [2.05, 4.69) is 4.72 Å². The van der Waals surface area contributed by atoms with Crippen molar-refractivity contribution in [2.24, 2.45) is 5.14 Å². The SMILES string of the molecule is NS(=O)(=O)c1ccc(S(=O)(=O)NC2CCOc3ccccc32)cc1. The van der Waals surface area contributed by atoms with Crippen molar-refractivity contribution >= 4 is 20.0 Å². The van der Waals surface area contributed by atoms with E-state index in [0.717, 1.165) is 5.56 Å². The van der Waals surface area contributed by atoms with Crippen LogP contribution < -0.4 is 14.6 Å². The number of fused-ring (bicyclic) bond motifs is 1. The largest absolute Gasteiger partial charge is 0.493 e. The Labute approximate surface area is 140 Å². The molecule has 0 aromatic heterocycles. The molecule has 0 bridgehead atoms. The molecule has 24 heavy (non-hydrogen) atoms. The van der Waals surface area contributed by atoms with Crippen molar-refractivity contribution < 1.29 is 21.6 Å². The first-order chi connectivity index (χ1) is 11.3. The average Bonchev–Trinajstić information content (AvgIpc) is 2.54. The number of benzene rings is 2. The third-order valence-corrected chi connectivity index (χ3v) is 6.14. The van der Waals surface area contributed by atoms with Crippen LogP contribution >= 0.6 is 0 Å². The minimum absolute atomic E-state index is 0.0288. The molecular weight excluding hydrogens is 352 g/mol. The number of nitrogens with one attached hydrogen (secondary N) is 1. The van der Waals surface area contributed by atoms with E-state index in [1.807, 2.05) is 18.2 Å². The molecule has 9 heteroatoms. The number of hydrogen-bond donors (Lipinski definition) is 2. The lowest BCUT2D eigenvalue weighted by molar-refractivity contribution is 0.263. The molecule has 0 amide bonds. The van der Waals surface area contributed by atoms with E-state index in [1.54, 1.807) is 6.07 Å². The summed E-state index contributed by atoms with van der Waals surface area (Å²) < 4.78 is 55.7. The Kier molecular flexibility index (Phi) is 4.35. The lowest BCUT2D eigenvalue weighted by Crippen LogP contribution is -2.32. The van der Waals surface area contributed by atoms with Crippen molar-refractivity contribution in [2.45, 2.75) is 22.3 Å². The first-order valence-electron chi connectivity index (χ1n) is 7.14. The van der Waals surface area contributed by atoms with Gasteiger partial charge in [-0.05, 0) is 30.3 Å². The zero-order valence-corrected chi connectivity index (χ0v) is 14.2. The fourth-order valence-electron chi connectivity index (χ4n) is 2.53. The smallest absolute Gasteiger partial charge is 0.241 e. The Hall–Kier alpha value is -1.94. The summed E-state index contributed by atoms with van der Waals surface area (Å²) in [4.78, 5) is -0.170. The molecule has 0 fully saturated rings. The second-order valence-corrected chi connectivity index (χ2v) is 8.64. The summed E-state index contributed by atoms with van der Waals surface area (Å²) in [5.74, 6) is 0.654. The molecule has 1 aliphatic heterocycles. The lowest BCUT2D eigenvalue weighted by atomic mass is 10.0. The van der Waals surface area contributed by atoms with Crippen LogP contribution in [0.4, 0.5) is 0 Å². The normalized spacial score (nSPS) is 17.8. The standard InChI is InChI=1S/C15H16N2O5S2/c16-23(18,19)11-5-7-12(8-6-11)24(20,21)17-14-9-10-22-15-4-2-1-3-13(14)15/h1-8,14,17H,9-10H2,(H2,16,18,19). The quantitative estimate of drug-likeness (QED) is 0.839. The van der Waals surface area contributed by atoms with Gasteiger partial charge in [0.25, 0.3) is 0 Å². The molecule has 1 unspecified atom stereocenters. The fraction of sp³-hybridized carbons (Fsp3) is 0.200. The number of hydrogen-bond acceptors (Lipinski definition) is 5. The molecule has 0 radical (unpaired) electrons. The maximum atomic E-state index is 12.5. The first kappa shape index (κ1) is 16.9. The third kappa shape index (κ3) is 3.44. The predicted octanol–water partition coefficient (Wildman–Crippen LogP) is 1.14. The Morgan fingerprint density at radius 3 is 2.25 bits per heavy atom. The predicted molar refractivity (Wildman–Crippen MR) is 87.4 cm³/mol. The van der Waals surface area contributed by atoms with E-state index < -0.39 is 26.1 Å². The van der Waals surface area contributed by atoms with Crippen LogP contribution in [-0.4, -0.2) is 23.4 Å². The molecule has 1 heterocycles. The molecule has 2 aromatic carbocycles. The second kappa shape index (κ2) is 6.17. The van der Waals surface area contributed by atoms with Gasteiger partial charge in [-0.15, -0.1) is 0 Å². The molecule has 1 atom stereocenters. The number of rotatable bonds is 4. The van der Waals surface area contributed by atoms with Crippen LogP contribution in [0, 0.1) is 0 Å².